The molecule has 2 atom stereocenters. The molecule has 0 bridgehead atoms. The molecule has 0 aromatic carbocycles. The number of rotatable bonds is 4. The Morgan fingerprint density at radius 2 is 1.79 bits per heavy atom. The first-order valence-corrected chi connectivity index (χ1v) is 7.79. The molecule has 1 heterocycles. The smallest absolute Gasteiger partial charge is 0.247 e. The van der Waals surface area contributed by atoms with Gasteiger partial charge in [0, 0.05) is 12.1 Å². The van der Waals surface area contributed by atoms with Crippen molar-refractivity contribution in [1.29, 1.82) is 0 Å². The summed E-state index contributed by atoms with van der Waals surface area (Å²) in [5.74, 6) is 0.725. The number of imide groups is 1. The van der Waals surface area contributed by atoms with Crippen LogP contribution in [-0.2, 0) is 9.59 Å². The van der Waals surface area contributed by atoms with Crippen molar-refractivity contribution in [3.05, 3.63) is 0 Å². The van der Waals surface area contributed by atoms with Gasteiger partial charge in [-0.25, -0.2) is 0 Å². The first kappa shape index (κ1) is 13.1. The zero-order valence-electron chi connectivity index (χ0n) is 11.7. The van der Waals surface area contributed by atoms with Gasteiger partial charge in [-0.05, 0) is 38.5 Å². The van der Waals surface area contributed by atoms with E-state index in [1.54, 1.807) is 0 Å². The average molecular weight is 264 g/mol. The van der Waals surface area contributed by atoms with Crippen LogP contribution < -0.4 is 5.32 Å². The molecule has 106 valence electrons. The second kappa shape index (κ2) is 5.23. The number of likely N-dealkylation sites (tertiary alicyclic amines) is 1. The predicted octanol–water partition coefficient (Wildman–Crippen LogP) is 1.83. The highest BCUT2D eigenvalue weighted by Crippen LogP contribution is 2.32. The Balaban J connectivity index is 1.57. The molecule has 2 amide bonds. The Kier molecular flexibility index (Phi) is 3.61. The van der Waals surface area contributed by atoms with Gasteiger partial charge in [0.25, 0.3) is 0 Å². The third-order valence-corrected chi connectivity index (χ3v) is 4.92. The number of hydrogen-bond acceptors (Lipinski definition) is 3. The highest BCUT2D eigenvalue weighted by molar-refractivity contribution is 6.06. The van der Waals surface area contributed by atoms with Crippen LogP contribution in [0.3, 0.4) is 0 Å². The van der Waals surface area contributed by atoms with Crippen molar-refractivity contribution < 1.29 is 9.59 Å². The van der Waals surface area contributed by atoms with Crippen LogP contribution in [0.4, 0.5) is 0 Å². The third-order valence-electron chi connectivity index (χ3n) is 4.92. The number of nitrogens with one attached hydrogen (secondary N) is 1. The molecule has 3 rings (SSSR count). The molecule has 4 nitrogen and oxygen atoms in total. The Morgan fingerprint density at radius 3 is 2.42 bits per heavy atom. The lowest BCUT2D eigenvalue weighted by molar-refractivity contribution is -0.139. The predicted molar refractivity (Wildman–Crippen MR) is 72.5 cm³/mol. The topological polar surface area (TPSA) is 49.4 Å². The normalized spacial score (nSPS) is 31.0. The Morgan fingerprint density at radius 1 is 1.11 bits per heavy atom. The lowest BCUT2D eigenvalue weighted by Crippen LogP contribution is -2.46. The van der Waals surface area contributed by atoms with E-state index in [0.717, 1.165) is 12.8 Å². The second-order valence-corrected chi connectivity index (χ2v) is 6.44. The van der Waals surface area contributed by atoms with E-state index in [1.165, 1.54) is 37.0 Å². The number of nitrogens with zero attached hydrogens (tertiary/aromatic N) is 1. The van der Waals surface area contributed by atoms with Crippen LogP contribution in [0.1, 0.15) is 58.3 Å². The second-order valence-electron chi connectivity index (χ2n) is 6.44. The first-order chi connectivity index (χ1) is 9.16. The summed E-state index contributed by atoms with van der Waals surface area (Å²) in [6.45, 7) is 2.17. The SMILES string of the molecule is CC(NC1CC(=O)N(C2CC2)C1=O)C1CCCCC1. The maximum Gasteiger partial charge on any atom is 0.247 e. The van der Waals surface area contributed by atoms with Gasteiger partial charge in [0.15, 0.2) is 0 Å². The van der Waals surface area contributed by atoms with Gasteiger partial charge in [0.05, 0.1) is 12.5 Å². The Labute approximate surface area is 114 Å². The van der Waals surface area contributed by atoms with Crippen molar-refractivity contribution in [3.8, 4) is 0 Å². The fourth-order valence-corrected chi connectivity index (χ4v) is 3.59. The summed E-state index contributed by atoms with van der Waals surface area (Å²) < 4.78 is 0. The lowest BCUT2D eigenvalue weighted by atomic mass is 9.84. The van der Waals surface area contributed by atoms with E-state index in [2.05, 4.69) is 12.2 Å². The van der Waals surface area contributed by atoms with Crippen molar-refractivity contribution >= 4 is 11.8 Å². The summed E-state index contributed by atoms with van der Waals surface area (Å²) in [5.41, 5.74) is 0. The number of hydrogen-bond donors (Lipinski definition) is 1. The van der Waals surface area contributed by atoms with E-state index >= 15 is 0 Å². The largest absolute Gasteiger partial charge is 0.303 e. The molecular formula is C15H24N2O2. The van der Waals surface area contributed by atoms with Crippen LogP contribution in [0.15, 0.2) is 0 Å². The summed E-state index contributed by atoms with van der Waals surface area (Å²) in [4.78, 5) is 25.7. The Hall–Kier alpha value is -0.900. The summed E-state index contributed by atoms with van der Waals surface area (Å²) in [7, 11) is 0. The first-order valence-electron chi connectivity index (χ1n) is 7.79. The molecule has 0 radical (unpaired) electrons. The summed E-state index contributed by atoms with van der Waals surface area (Å²) in [6.07, 6.45) is 8.85. The molecule has 2 saturated carbocycles. The van der Waals surface area contributed by atoms with Crippen molar-refractivity contribution in [2.45, 2.75) is 76.4 Å². The standard InChI is InChI=1S/C15H24N2O2/c1-10(11-5-3-2-4-6-11)16-13-9-14(18)17(15(13)19)12-7-8-12/h10-13,16H,2-9H2,1H3. The molecule has 2 aliphatic carbocycles. The van der Waals surface area contributed by atoms with Crippen LogP contribution >= 0.6 is 0 Å². The van der Waals surface area contributed by atoms with Gasteiger partial charge in [-0.2, -0.15) is 0 Å². The molecule has 1 aliphatic heterocycles. The summed E-state index contributed by atoms with van der Waals surface area (Å²) >= 11 is 0. The van der Waals surface area contributed by atoms with Gasteiger partial charge in [-0.15, -0.1) is 0 Å². The number of amides is 2. The highest BCUT2D eigenvalue weighted by Gasteiger charge is 2.46. The van der Waals surface area contributed by atoms with Gasteiger partial charge in [0.1, 0.15) is 0 Å². The quantitative estimate of drug-likeness (QED) is 0.788. The zero-order valence-corrected chi connectivity index (χ0v) is 11.7. The maximum atomic E-state index is 12.3. The van der Waals surface area contributed by atoms with Gasteiger partial charge in [-0.3, -0.25) is 14.5 Å². The third kappa shape index (κ3) is 2.69. The molecule has 3 fully saturated rings. The van der Waals surface area contributed by atoms with Crippen LogP contribution in [-0.4, -0.2) is 34.8 Å². The van der Waals surface area contributed by atoms with Gasteiger partial charge >= 0.3 is 0 Å². The van der Waals surface area contributed by atoms with Crippen LogP contribution in [0.2, 0.25) is 0 Å². The van der Waals surface area contributed by atoms with Crippen LogP contribution in [0.5, 0.6) is 0 Å². The number of carbonyl (C=O) groups is 2. The van der Waals surface area contributed by atoms with Crippen molar-refractivity contribution in [3.63, 3.8) is 0 Å². The van der Waals surface area contributed by atoms with Gasteiger partial charge in [0.2, 0.25) is 11.8 Å². The maximum absolute atomic E-state index is 12.3. The molecule has 3 aliphatic rings. The van der Waals surface area contributed by atoms with Crippen molar-refractivity contribution in [1.82, 2.24) is 10.2 Å². The summed E-state index contributed by atoms with van der Waals surface area (Å²) in [5, 5.41) is 3.43. The minimum atomic E-state index is -0.259. The van der Waals surface area contributed by atoms with Crippen molar-refractivity contribution in [2.75, 3.05) is 0 Å². The minimum absolute atomic E-state index is 0.0233. The molecule has 1 N–H and O–H groups in total. The van der Waals surface area contributed by atoms with Crippen LogP contribution in [0.25, 0.3) is 0 Å². The summed E-state index contributed by atoms with van der Waals surface area (Å²) in [6, 6.07) is 0.308. The zero-order chi connectivity index (χ0) is 13.4. The Bertz CT molecular complexity index is 372. The van der Waals surface area contributed by atoms with E-state index in [0.29, 0.717) is 18.4 Å². The van der Waals surface area contributed by atoms with E-state index in [1.807, 2.05) is 0 Å². The molecule has 0 aromatic heterocycles. The lowest BCUT2D eigenvalue weighted by Gasteiger charge is -2.30. The fourth-order valence-electron chi connectivity index (χ4n) is 3.59. The van der Waals surface area contributed by atoms with Gasteiger partial charge < -0.3 is 5.32 Å². The monoisotopic (exact) mass is 264 g/mol. The molecule has 2 unspecified atom stereocenters. The van der Waals surface area contributed by atoms with E-state index in [9.17, 15) is 9.59 Å². The van der Waals surface area contributed by atoms with Crippen molar-refractivity contribution in [2.24, 2.45) is 5.92 Å². The van der Waals surface area contributed by atoms with Gasteiger partial charge in [-0.1, -0.05) is 19.3 Å². The fraction of sp³-hybridized carbons (Fsp3) is 0.867. The van der Waals surface area contributed by atoms with E-state index in [4.69, 9.17) is 0 Å². The molecule has 4 heteroatoms. The average Bonchev–Trinajstić information content (AvgIpc) is 3.19. The minimum Gasteiger partial charge on any atom is -0.303 e. The van der Waals surface area contributed by atoms with E-state index < -0.39 is 0 Å². The molecule has 19 heavy (non-hydrogen) atoms. The van der Waals surface area contributed by atoms with Crippen LogP contribution in [0, 0.1) is 5.92 Å². The molecule has 1 saturated heterocycles. The molecular weight excluding hydrogens is 240 g/mol. The van der Waals surface area contributed by atoms with E-state index in [-0.39, 0.29) is 23.9 Å². The molecule has 0 aromatic rings. The molecule has 0 spiro atoms. The number of carbonyl (C=O) groups excluding carboxylic acids is 2. The highest BCUT2D eigenvalue weighted by atomic mass is 16.2.